The predicted octanol–water partition coefficient (Wildman–Crippen LogP) is 2.60. The molecule has 2 rings (SSSR count). The second-order valence-corrected chi connectivity index (χ2v) is 6.53. The lowest BCUT2D eigenvalue weighted by atomic mass is 10.1. The fourth-order valence-electron chi connectivity index (χ4n) is 2.31. The number of carbonyl (C=O) groups is 2. The van der Waals surface area contributed by atoms with Crippen molar-refractivity contribution in [3.05, 3.63) is 33.7 Å². The smallest absolute Gasteiger partial charge is 0.323 e. The molecule has 1 aromatic carbocycles. The van der Waals surface area contributed by atoms with E-state index in [1.807, 2.05) is 26.0 Å². The van der Waals surface area contributed by atoms with Gasteiger partial charge in [-0.05, 0) is 48.7 Å². The quantitative estimate of drug-likeness (QED) is 0.673. The number of amides is 1. The summed E-state index contributed by atoms with van der Waals surface area (Å²) in [5.74, 6) is -0.646. The highest BCUT2D eigenvalue weighted by atomic mass is 32.2. The Morgan fingerprint density at radius 2 is 2.00 bits per heavy atom. The van der Waals surface area contributed by atoms with E-state index < -0.39 is 12.5 Å². The molecule has 1 fully saturated rings. The van der Waals surface area contributed by atoms with Crippen molar-refractivity contribution in [1.82, 2.24) is 4.90 Å². The molecule has 0 saturated carbocycles. The number of carboxylic acids is 1. The van der Waals surface area contributed by atoms with Crippen LogP contribution in [0.15, 0.2) is 17.0 Å². The van der Waals surface area contributed by atoms with Gasteiger partial charge < -0.3 is 9.84 Å². The minimum atomic E-state index is -1.09. The van der Waals surface area contributed by atoms with Gasteiger partial charge in [-0.1, -0.05) is 24.0 Å². The number of aryl methyl sites for hydroxylation is 2. The first kappa shape index (κ1) is 16.5. The van der Waals surface area contributed by atoms with Crippen LogP contribution in [-0.4, -0.2) is 39.9 Å². The van der Waals surface area contributed by atoms with Crippen LogP contribution < -0.4 is 4.74 Å². The average Bonchev–Trinajstić information content (AvgIpc) is 2.66. The second kappa shape index (κ2) is 6.50. The summed E-state index contributed by atoms with van der Waals surface area (Å²) in [6, 6.07) is 3.82. The van der Waals surface area contributed by atoms with Crippen LogP contribution >= 0.6 is 24.0 Å². The van der Waals surface area contributed by atoms with Crippen molar-refractivity contribution in [2.45, 2.75) is 13.8 Å². The van der Waals surface area contributed by atoms with E-state index >= 15 is 0 Å². The van der Waals surface area contributed by atoms with Gasteiger partial charge in [0.1, 0.15) is 16.6 Å². The third-order valence-electron chi connectivity index (χ3n) is 3.15. The van der Waals surface area contributed by atoms with Gasteiger partial charge in [0, 0.05) is 0 Å². The fraction of sp³-hybridized carbons (Fsp3) is 0.267. The second-order valence-electron chi connectivity index (χ2n) is 4.85. The molecule has 7 heteroatoms. The maximum Gasteiger partial charge on any atom is 0.323 e. The van der Waals surface area contributed by atoms with E-state index in [9.17, 15) is 9.59 Å². The Bertz CT molecular complexity index is 674. The minimum absolute atomic E-state index is 0.264. The Morgan fingerprint density at radius 3 is 2.50 bits per heavy atom. The van der Waals surface area contributed by atoms with E-state index in [-0.39, 0.29) is 10.2 Å². The molecule has 1 N–H and O–H groups in total. The van der Waals surface area contributed by atoms with Gasteiger partial charge in [0.25, 0.3) is 5.91 Å². The molecule has 0 atom stereocenters. The first-order valence-corrected chi connectivity index (χ1v) is 7.68. The van der Waals surface area contributed by atoms with Crippen LogP contribution in [0, 0.1) is 13.8 Å². The van der Waals surface area contributed by atoms with Gasteiger partial charge in [-0.25, -0.2) is 0 Å². The average molecular weight is 337 g/mol. The summed E-state index contributed by atoms with van der Waals surface area (Å²) in [5, 5.41) is 8.82. The number of aliphatic carboxylic acids is 1. The van der Waals surface area contributed by atoms with Crippen LogP contribution in [0.25, 0.3) is 6.08 Å². The van der Waals surface area contributed by atoms with Gasteiger partial charge in [0.2, 0.25) is 0 Å². The summed E-state index contributed by atoms with van der Waals surface area (Å²) >= 11 is 6.18. The molecule has 0 radical (unpaired) electrons. The van der Waals surface area contributed by atoms with Gasteiger partial charge in [-0.2, -0.15) is 0 Å². The van der Waals surface area contributed by atoms with E-state index in [1.54, 1.807) is 13.2 Å². The van der Waals surface area contributed by atoms with Crippen molar-refractivity contribution >= 4 is 46.3 Å². The van der Waals surface area contributed by atoms with E-state index in [2.05, 4.69) is 0 Å². The van der Waals surface area contributed by atoms with Crippen molar-refractivity contribution in [3.8, 4) is 5.75 Å². The summed E-state index contributed by atoms with van der Waals surface area (Å²) in [4.78, 5) is 24.5. The zero-order valence-electron chi connectivity index (χ0n) is 12.4. The molecule has 1 amide bonds. The molecular formula is C15H15NO4S2. The summed E-state index contributed by atoms with van der Waals surface area (Å²) in [7, 11) is 1.62. The zero-order valence-corrected chi connectivity index (χ0v) is 14.0. The molecule has 22 heavy (non-hydrogen) atoms. The number of methoxy groups -OCH3 is 1. The lowest BCUT2D eigenvalue weighted by molar-refractivity contribution is -0.140. The molecule has 1 heterocycles. The number of ether oxygens (including phenoxy) is 1. The normalized spacial score (nSPS) is 16.5. The Kier molecular flexibility index (Phi) is 4.87. The third-order valence-corrected chi connectivity index (χ3v) is 4.53. The van der Waals surface area contributed by atoms with Crippen LogP contribution in [0.3, 0.4) is 0 Å². The lowest BCUT2D eigenvalue weighted by Crippen LogP contribution is -2.33. The molecule has 5 nitrogen and oxygen atoms in total. The number of hydrogen-bond acceptors (Lipinski definition) is 5. The number of hydrogen-bond donors (Lipinski definition) is 1. The summed E-state index contributed by atoms with van der Waals surface area (Å²) in [6.07, 6.45) is 1.72. The van der Waals surface area contributed by atoms with Crippen LogP contribution in [0.1, 0.15) is 16.7 Å². The predicted molar refractivity (Wildman–Crippen MR) is 90.0 cm³/mol. The maximum atomic E-state index is 12.2. The number of thioether (sulfide) groups is 1. The summed E-state index contributed by atoms with van der Waals surface area (Å²) in [6.45, 7) is 3.44. The lowest BCUT2D eigenvalue weighted by Gasteiger charge is -2.10. The van der Waals surface area contributed by atoms with Gasteiger partial charge in [0.05, 0.1) is 12.0 Å². The fourth-order valence-corrected chi connectivity index (χ4v) is 3.57. The van der Waals surface area contributed by atoms with E-state index in [0.29, 0.717) is 4.91 Å². The van der Waals surface area contributed by atoms with Crippen molar-refractivity contribution < 1.29 is 19.4 Å². The Hall–Kier alpha value is -1.86. The SMILES string of the molecule is COc1c(C)cc(/C=C2\SC(=S)N(CC(=O)O)C2=O)cc1C. The highest BCUT2D eigenvalue weighted by Crippen LogP contribution is 2.33. The summed E-state index contributed by atoms with van der Waals surface area (Å²) in [5.41, 5.74) is 2.79. The molecule has 0 spiro atoms. The van der Waals surface area contributed by atoms with Crippen molar-refractivity contribution in [2.75, 3.05) is 13.7 Å². The van der Waals surface area contributed by atoms with Crippen LogP contribution in [0.4, 0.5) is 0 Å². The van der Waals surface area contributed by atoms with Gasteiger partial charge in [-0.3, -0.25) is 14.5 Å². The highest BCUT2D eigenvalue weighted by Gasteiger charge is 2.33. The first-order valence-electron chi connectivity index (χ1n) is 6.46. The monoisotopic (exact) mass is 337 g/mol. The van der Waals surface area contributed by atoms with Crippen molar-refractivity contribution in [2.24, 2.45) is 0 Å². The number of rotatable bonds is 4. The van der Waals surface area contributed by atoms with Gasteiger partial charge in [-0.15, -0.1) is 0 Å². The number of nitrogens with zero attached hydrogens (tertiary/aromatic N) is 1. The molecule has 1 aromatic rings. The topological polar surface area (TPSA) is 66.8 Å². The molecule has 1 aliphatic rings. The third kappa shape index (κ3) is 3.31. The maximum absolute atomic E-state index is 12.2. The Balaban J connectivity index is 2.33. The number of carbonyl (C=O) groups excluding carboxylic acids is 1. The standard InChI is InChI=1S/C15H15NO4S2/c1-8-4-10(5-9(2)13(8)20-3)6-11-14(19)16(7-12(17)18)15(21)22-11/h4-6H,7H2,1-3H3,(H,17,18)/b11-6-. The largest absolute Gasteiger partial charge is 0.496 e. The highest BCUT2D eigenvalue weighted by molar-refractivity contribution is 8.26. The van der Waals surface area contributed by atoms with Crippen LogP contribution in [0.2, 0.25) is 0 Å². The summed E-state index contributed by atoms with van der Waals surface area (Å²) < 4.78 is 5.58. The van der Waals surface area contributed by atoms with Crippen LogP contribution in [0.5, 0.6) is 5.75 Å². The minimum Gasteiger partial charge on any atom is -0.496 e. The van der Waals surface area contributed by atoms with Gasteiger partial charge in [0.15, 0.2) is 0 Å². The molecule has 0 aliphatic carbocycles. The van der Waals surface area contributed by atoms with Crippen molar-refractivity contribution in [3.63, 3.8) is 0 Å². The number of carboxylic acid groups (broad SMARTS) is 1. The van der Waals surface area contributed by atoms with Gasteiger partial charge >= 0.3 is 5.97 Å². The zero-order chi connectivity index (χ0) is 16.4. The molecule has 1 saturated heterocycles. The molecule has 116 valence electrons. The van der Waals surface area contributed by atoms with E-state index in [0.717, 1.165) is 39.1 Å². The van der Waals surface area contributed by atoms with E-state index in [1.165, 1.54) is 0 Å². The molecule has 0 unspecified atom stereocenters. The molecule has 1 aliphatic heterocycles. The van der Waals surface area contributed by atoms with E-state index in [4.69, 9.17) is 22.1 Å². The molecule has 0 bridgehead atoms. The first-order chi connectivity index (χ1) is 10.3. The number of thiocarbonyl (C=S) groups is 1. The Morgan fingerprint density at radius 1 is 1.41 bits per heavy atom. The number of benzene rings is 1. The molecule has 0 aromatic heterocycles. The Labute approximate surface area is 137 Å². The molecular weight excluding hydrogens is 322 g/mol. The van der Waals surface area contributed by atoms with Crippen LogP contribution in [-0.2, 0) is 9.59 Å². The van der Waals surface area contributed by atoms with Crippen molar-refractivity contribution in [1.29, 1.82) is 0 Å².